The lowest BCUT2D eigenvalue weighted by atomic mass is 9.82. The van der Waals surface area contributed by atoms with Crippen molar-refractivity contribution in [3.05, 3.63) is 29.6 Å². The molecule has 2 aliphatic heterocycles. The topological polar surface area (TPSA) is 47.6 Å². The molecule has 3 fully saturated rings. The Morgan fingerprint density at radius 1 is 1.26 bits per heavy atom. The van der Waals surface area contributed by atoms with E-state index in [1.54, 1.807) is 6.07 Å². The molecular formula is C18H22FNO3. The highest BCUT2D eigenvalue weighted by Gasteiger charge is 2.36. The van der Waals surface area contributed by atoms with Crippen LogP contribution in [0.1, 0.15) is 36.0 Å². The molecule has 2 atom stereocenters. The van der Waals surface area contributed by atoms with Crippen molar-refractivity contribution < 1.29 is 18.7 Å². The molecule has 1 aliphatic carbocycles. The molecule has 2 bridgehead atoms. The molecule has 0 amide bonds. The van der Waals surface area contributed by atoms with Crippen LogP contribution in [0.4, 0.5) is 4.39 Å². The van der Waals surface area contributed by atoms with Crippen LogP contribution in [-0.4, -0.2) is 37.7 Å². The van der Waals surface area contributed by atoms with E-state index in [4.69, 9.17) is 9.47 Å². The van der Waals surface area contributed by atoms with Gasteiger partial charge in [0.25, 0.3) is 0 Å². The maximum absolute atomic E-state index is 13.7. The molecule has 0 radical (unpaired) electrons. The molecule has 23 heavy (non-hydrogen) atoms. The van der Waals surface area contributed by atoms with Gasteiger partial charge in [-0.25, -0.2) is 4.39 Å². The predicted molar refractivity (Wildman–Crippen MR) is 83.2 cm³/mol. The van der Waals surface area contributed by atoms with E-state index in [0.29, 0.717) is 37.1 Å². The Labute approximate surface area is 135 Å². The molecule has 0 spiro atoms. The Bertz CT molecular complexity index is 590. The first-order valence-electron chi connectivity index (χ1n) is 8.49. The van der Waals surface area contributed by atoms with Gasteiger partial charge in [-0.1, -0.05) is 0 Å². The number of Topliss-reactive ketones (excluding diaryl/α,β-unsaturated/α-hetero) is 1. The standard InChI is InChI=1S/C18H22FNO3/c19-13-3-4-17(23-8-11-1-2-11)16(7-13)18(21)12-5-14-9-22-10-15(6-12)20-14/h3-4,7,11-12,14-15,20H,1-2,5-6,8-10H2. The minimum Gasteiger partial charge on any atom is -0.493 e. The van der Waals surface area contributed by atoms with Crippen LogP contribution in [0.25, 0.3) is 0 Å². The van der Waals surface area contributed by atoms with E-state index >= 15 is 0 Å². The van der Waals surface area contributed by atoms with Crippen LogP contribution >= 0.6 is 0 Å². The molecule has 1 aromatic carbocycles. The third-order valence-corrected chi connectivity index (χ3v) is 5.00. The molecule has 2 heterocycles. The number of morpholine rings is 1. The van der Waals surface area contributed by atoms with E-state index in [1.165, 1.54) is 25.0 Å². The summed E-state index contributed by atoms with van der Waals surface area (Å²) in [5, 5.41) is 3.48. The number of halogens is 1. The first-order valence-corrected chi connectivity index (χ1v) is 8.49. The Balaban J connectivity index is 1.53. The quantitative estimate of drug-likeness (QED) is 0.848. The van der Waals surface area contributed by atoms with Crippen LogP contribution in [0.15, 0.2) is 18.2 Å². The highest BCUT2D eigenvalue weighted by molar-refractivity contribution is 6.00. The summed E-state index contributed by atoms with van der Waals surface area (Å²) >= 11 is 0. The molecule has 4 nitrogen and oxygen atoms in total. The number of carbonyl (C=O) groups excluding carboxylic acids is 1. The maximum Gasteiger partial charge on any atom is 0.169 e. The van der Waals surface area contributed by atoms with Gasteiger partial charge in [0.15, 0.2) is 5.78 Å². The van der Waals surface area contributed by atoms with Crippen LogP contribution in [0.3, 0.4) is 0 Å². The van der Waals surface area contributed by atoms with Gasteiger partial charge in [-0.05, 0) is 49.8 Å². The van der Waals surface area contributed by atoms with Crippen LogP contribution < -0.4 is 10.1 Å². The Morgan fingerprint density at radius 3 is 2.70 bits per heavy atom. The molecule has 3 aliphatic rings. The average molecular weight is 319 g/mol. The number of nitrogens with one attached hydrogen (secondary N) is 1. The van der Waals surface area contributed by atoms with Crippen molar-refractivity contribution in [1.82, 2.24) is 5.32 Å². The maximum atomic E-state index is 13.7. The predicted octanol–water partition coefficient (Wildman–Crippen LogP) is 2.56. The van der Waals surface area contributed by atoms with Crippen molar-refractivity contribution in [3.8, 4) is 5.75 Å². The van der Waals surface area contributed by atoms with E-state index in [-0.39, 0.29) is 29.6 Å². The van der Waals surface area contributed by atoms with E-state index < -0.39 is 0 Å². The number of ether oxygens (including phenoxy) is 2. The lowest BCUT2D eigenvalue weighted by Gasteiger charge is -2.39. The van der Waals surface area contributed by atoms with Gasteiger partial charge in [0.05, 0.1) is 25.4 Å². The highest BCUT2D eigenvalue weighted by Crippen LogP contribution is 2.33. The number of piperidine rings is 1. The molecule has 1 aromatic rings. The largest absolute Gasteiger partial charge is 0.493 e. The summed E-state index contributed by atoms with van der Waals surface area (Å²) in [4.78, 5) is 12.9. The van der Waals surface area contributed by atoms with Crippen molar-refractivity contribution >= 4 is 5.78 Å². The summed E-state index contributed by atoms with van der Waals surface area (Å²) in [5.74, 6) is 0.667. The fraction of sp³-hybridized carbons (Fsp3) is 0.611. The molecule has 1 N–H and O–H groups in total. The third kappa shape index (κ3) is 3.40. The fourth-order valence-electron chi connectivity index (χ4n) is 3.58. The van der Waals surface area contributed by atoms with Crippen LogP contribution in [0, 0.1) is 17.7 Å². The summed E-state index contributed by atoms with van der Waals surface area (Å²) in [6.45, 7) is 1.92. The number of benzene rings is 1. The zero-order chi connectivity index (χ0) is 15.8. The summed E-state index contributed by atoms with van der Waals surface area (Å²) < 4.78 is 25.0. The van der Waals surface area contributed by atoms with Gasteiger partial charge < -0.3 is 14.8 Å². The number of ketones is 1. The number of rotatable bonds is 5. The Hall–Kier alpha value is -1.46. The van der Waals surface area contributed by atoms with Crippen molar-refractivity contribution in [3.63, 3.8) is 0 Å². The molecule has 2 unspecified atom stereocenters. The zero-order valence-corrected chi connectivity index (χ0v) is 13.1. The summed E-state index contributed by atoms with van der Waals surface area (Å²) in [6, 6.07) is 4.74. The van der Waals surface area contributed by atoms with Crippen LogP contribution in [0.5, 0.6) is 5.75 Å². The molecular weight excluding hydrogens is 297 g/mol. The number of fused-ring (bicyclic) bond motifs is 2. The second-order valence-corrected chi connectivity index (χ2v) is 7.03. The minimum absolute atomic E-state index is 0.00805. The summed E-state index contributed by atoms with van der Waals surface area (Å²) in [5.41, 5.74) is 0.400. The summed E-state index contributed by atoms with van der Waals surface area (Å²) in [6.07, 6.45) is 3.85. The van der Waals surface area contributed by atoms with Gasteiger partial charge >= 0.3 is 0 Å². The van der Waals surface area contributed by atoms with Gasteiger partial charge in [-0.3, -0.25) is 4.79 Å². The van der Waals surface area contributed by atoms with E-state index in [0.717, 1.165) is 12.8 Å². The Morgan fingerprint density at radius 2 is 2.00 bits per heavy atom. The number of hydrogen-bond acceptors (Lipinski definition) is 4. The first-order chi connectivity index (χ1) is 11.2. The lowest BCUT2D eigenvalue weighted by molar-refractivity contribution is 0.00946. The Kier molecular flexibility index (Phi) is 4.07. The van der Waals surface area contributed by atoms with Crippen LogP contribution in [-0.2, 0) is 4.74 Å². The van der Waals surface area contributed by atoms with Gasteiger partial charge in [0, 0.05) is 18.0 Å². The van der Waals surface area contributed by atoms with E-state index in [1.807, 2.05) is 0 Å². The van der Waals surface area contributed by atoms with Gasteiger partial charge in [-0.2, -0.15) is 0 Å². The van der Waals surface area contributed by atoms with E-state index in [2.05, 4.69) is 5.32 Å². The van der Waals surface area contributed by atoms with E-state index in [9.17, 15) is 9.18 Å². The molecule has 0 aromatic heterocycles. The lowest BCUT2D eigenvalue weighted by Crippen LogP contribution is -2.55. The van der Waals surface area contributed by atoms with Gasteiger partial charge in [0.2, 0.25) is 0 Å². The summed E-state index contributed by atoms with van der Waals surface area (Å²) in [7, 11) is 0. The van der Waals surface area contributed by atoms with Gasteiger partial charge in [-0.15, -0.1) is 0 Å². The molecule has 2 saturated heterocycles. The second kappa shape index (κ2) is 6.21. The van der Waals surface area contributed by atoms with Gasteiger partial charge in [0.1, 0.15) is 11.6 Å². The zero-order valence-electron chi connectivity index (χ0n) is 13.1. The second-order valence-electron chi connectivity index (χ2n) is 7.03. The smallest absolute Gasteiger partial charge is 0.169 e. The first kappa shape index (κ1) is 15.1. The van der Waals surface area contributed by atoms with Crippen molar-refractivity contribution in [2.45, 2.75) is 37.8 Å². The average Bonchev–Trinajstić information content (AvgIpc) is 3.37. The fourth-order valence-corrected chi connectivity index (χ4v) is 3.58. The number of hydrogen-bond donors (Lipinski definition) is 1. The van der Waals surface area contributed by atoms with Crippen molar-refractivity contribution in [2.75, 3.05) is 19.8 Å². The third-order valence-electron chi connectivity index (χ3n) is 5.00. The number of carbonyl (C=O) groups is 1. The molecule has 5 heteroatoms. The molecule has 4 rings (SSSR count). The SMILES string of the molecule is O=C(c1cc(F)ccc1OCC1CC1)C1CC2COCC(C1)N2. The van der Waals surface area contributed by atoms with Crippen molar-refractivity contribution in [1.29, 1.82) is 0 Å². The monoisotopic (exact) mass is 319 g/mol. The van der Waals surface area contributed by atoms with Crippen molar-refractivity contribution in [2.24, 2.45) is 11.8 Å². The minimum atomic E-state index is -0.385. The normalized spacial score (nSPS) is 30.0. The van der Waals surface area contributed by atoms with Crippen LogP contribution in [0.2, 0.25) is 0 Å². The molecule has 1 saturated carbocycles. The highest BCUT2D eigenvalue weighted by atomic mass is 19.1. The molecule has 124 valence electrons.